The molecule has 0 fully saturated rings. The Kier molecular flexibility index (Phi) is 5.53. The van der Waals surface area contributed by atoms with Crippen LogP contribution in [0.3, 0.4) is 0 Å². The molecule has 0 aliphatic carbocycles. The van der Waals surface area contributed by atoms with Crippen molar-refractivity contribution in [1.29, 1.82) is 0 Å². The minimum Gasteiger partial charge on any atom is -0.454 e. The number of hydrogen-bond acceptors (Lipinski definition) is 5. The second-order valence-corrected chi connectivity index (χ2v) is 7.15. The Bertz CT molecular complexity index is 1040. The summed E-state index contributed by atoms with van der Waals surface area (Å²) >= 11 is 0. The normalized spacial score (nSPS) is 11.4. The molecule has 0 bridgehead atoms. The molecule has 0 N–H and O–H groups in total. The van der Waals surface area contributed by atoms with Gasteiger partial charge in [0, 0.05) is 11.7 Å². The summed E-state index contributed by atoms with van der Waals surface area (Å²) < 4.78 is 20.7. The van der Waals surface area contributed by atoms with Gasteiger partial charge in [-0.2, -0.15) is 5.10 Å². The molecule has 7 heteroatoms. The van der Waals surface area contributed by atoms with Gasteiger partial charge in [-0.15, -0.1) is 0 Å². The molecule has 3 aromatic rings. The quantitative estimate of drug-likeness (QED) is 0.468. The lowest BCUT2D eigenvalue weighted by Crippen LogP contribution is -2.16. The summed E-state index contributed by atoms with van der Waals surface area (Å²) in [6, 6.07) is 7.33. The maximum absolute atomic E-state index is 13.7. The highest BCUT2D eigenvalue weighted by Gasteiger charge is 2.21. The SMILES string of the molecule is CC(C)c1cc(C(=O)OCC(=O)c2ccccc2F)c2cnn(C(C)C)c2n1. The molecule has 2 aromatic heterocycles. The number of benzene rings is 1. The first-order valence-corrected chi connectivity index (χ1v) is 9.12. The van der Waals surface area contributed by atoms with Gasteiger partial charge in [-0.05, 0) is 38.0 Å². The third-order valence-corrected chi connectivity index (χ3v) is 4.40. The van der Waals surface area contributed by atoms with Crippen molar-refractivity contribution in [3.8, 4) is 0 Å². The van der Waals surface area contributed by atoms with Crippen LogP contribution in [0.2, 0.25) is 0 Å². The first-order valence-electron chi connectivity index (χ1n) is 9.12. The molecule has 0 saturated heterocycles. The van der Waals surface area contributed by atoms with Crippen molar-refractivity contribution in [2.24, 2.45) is 0 Å². The van der Waals surface area contributed by atoms with Crippen LogP contribution in [-0.2, 0) is 4.74 Å². The molecule has 0 unspecified atom stereocenters. The zero-order chi connectivity index (χ0) is 20.4. The Morgan fingerprint density at radius 1 is 1.14 bits per heavy atom. The Balaban J connectivity index is 1.91. The predicted molar refractivity (Wildman–Crippen MR) is 103 cm³/mol. The summed E-state index contributed by atoms with van der Waals surface area (Å²) in [5, 5.41) is 4.88. The molecule has 1 aromatic carbocycles. The van der Waals surface area contributed by atoms with E-state index in [1.54, 1.807) is 23.0 Å². The Hall–Kier alpha value is -3.09. The van der Waals surface area contributed by atoms with Crippen molar-refractivity contribution in [3.05, 3.63) is 59.2 Å². The summed E-state index contributed by atoms with van der Waals surface area (Å²) in [5.74, 6) is -1.82. The number of esters is 1. The van der Waals surface area contributed by atoms with E-state index in [1.807, 2.05) is 27.7 Å². The van der Waals surface area contributed by atoms with Crippen molar-refractivity contribution >= 4 is 22.8 Å². The smallest absolute Gasteiger partial charge is 0.339 e. The number of pyridine rings is 1. The molecule has 0 aliphatic heterocycles. The van der Waals surface area contributed by atoms with Crippen LogP contribution in [0.15, 0.2) is 36.5 Å². The number of fused-ring (bicyclic) bond motifs is 1. The highest BCUT2D eigenvalue weighted by molar-refractivity contribution is 6.04. The average molecular weight is 383 g/mol. The molecule has 28 heavy (non-hydrogen) atoms. The molecule has 0 atom stereocenters. The Labute approximate surface area is 162 Å². The summed E-state index contributed by atoms with van der Waals surface area (Å²) in [4.78, 5) is 29.5. The van der Waals surface area contributed by atoms with Gasteiger partial charge in [-0.3, -0.25) is 4.79 Å². The second-order valence-electron chi connectivity index (χ2n) is 7.15. The Morgan fingerprint density at radius 3 is 2.50 bits per heavy atom. The zero-order valence-corrected chi connectivity index (χ0v) is 16.3. The fourth-order valence-electron chi connectivity index (χ4n) is 2.85. The third kappa shape index (κ3) is 3.78. The molecule has 3 rings (SSSR count). The first kappa shape index (κ1) is 19.7. The van der Waals surface area contributed by atoms with Crippen LogP contribution in [0.1, 0.15) is 66.1 Å². The largest absolute Gasteiger partial charge is 0.454 e. The number of aromatic nitrogens is 3. The van der Waals surface area contributed by atoms with E-state index >= 15 is 0 Å². The summed E-state index contributed by atoms with van der Waals surface area (Å²) in [7, 11) is 0. The van der Waals surface area contributed by atoms with Crippen LogP contribution < -0.4 is 0 Å². The number of nitrogens with zero attached hydrogens (tertiary/aromatic N) is 3. The second kappa shape index (κ2) is 7.88. The minimum atomic E-state index is -0.665. The van der Waals surface area contributed by atoms with Gasteiger partial charge < -0.3 is 4.74 Å². The van der Waals surface area contributed by atoms with Gasteiger partial charge in [0.2, 0.25) is 5.78 Å². The van der Waals surface area contributed by atoms with Crippen LogP contribution in [0.25, 0.3) is 11.0 Å². The lowest BCUT2D eigenvalue weighted by molar-refractivity contribution is 0.0475. The number of carbonyl (C=O) groups excluding carboxylic acids is 2. The van der Waals surface area contributed by atoms with Crippen LogP contribution >= 0.6 is 0 Å². The van der Waals surface area contributed by atoms with Gasteiger partial charge in [0.25, 0.3) is 0 Å². The number of ether oxygens (including phenoxy) is 1. The van der Waals surface area contributed by atoms with E-state index in [-0.39, 0.29) is 17.5 Å². The highest BCUT2D eigenvalue weighted by atomic mass is 19.1. The van der Waals surface area contributed by atoms with Gasteiger partial charge in [-0.25, -0.2) is 18.9 Å². The topological polar surface area (TPSA) is 74.1 Å². The molecule has 0 radical (unpaired) electrons. The van der Waals surface area contributed by atoms with E-state index in [9.17, 15) is 14.0 Å². The van der Waals surface area contributed by atoms with Gasteiger partial charge >= 0.3 is 5.97 Å². The lowest BCUT2D eigenvalue weighted by atomic mass is 10.1. The van der Waals surface area contributed by atoms with Crippen LogP contribution in [0, 0.1) is 5.82 Å². The van der Waals surface area contributed by atoms with Crippen molar-refractivity contribution in [2.75, 3.05) is 6.61 Å². The average Bonchev–Trinajstić information content (AvgIpc) is 3.09. The summed E-state index contributed by atoms with van der Waals surface area (Å²) in [6.07, 6.45) is 1.57. The minimum absolute atomic E-state index is 0.0684. The Morgan fingerprint density at radius 2 is 1.86 bits per heavy atom. The maximum Gasteiger partial charge on any atom is 0.339 e. The predicted octanol–water partition coefficient (Wildman–Crippen LogP) is 4.31. The van der Waals surface area contributed by atoms with E-state index in [1.165, 1.54) is 18.2 Å². The number of Topliss-reactive ketones (excluding diaryl/α,β-unsaturated/α-hetero) is 1. The maximum atomic E-state index is 13.7. The highest BCUT2D eigenvalue weighted by Crippen LogP contribution is 2.25. The molecule has 6 nitrogen and oxygen atoms in total. The van der Waals surface area contributed by atoms with Gasteiger partial charge in [0.15, 0.2) is 12.3 Å². The molecule has 0 amide bonds. The number of ketones is 1. The van der Waals surface area contributed by atoms with Crippen molar-refractivity contribution in [2.45, 2.75) is 39.7 Å². The van der Waals surface area contributed by atoms with Crippen molar-refractivity contribution < 1.29 is 18.7 Å². The van der Waals surface area contributed by atoms with E-state index in [4.69, 9.17) is 4.74 Å². The van der Waals surface area contributed by atoms with E-state index < -0.39 is 24.2 Å². The number of carbonyl (C=O) groups is 2. The van der Waals surface area contributed by atoms with Crippen LogP contribution in [0.5, 0.6) is 0 Å². The number of hydrogen-bond donors (Lipinski definition) is 0. The molecule has 2 heterocycles. The fourth-order valence-corrected chi connectivity index (χ4v) is 2.85. The fraction of sp³-hybridized carbons (Fsp3) is 0.333. The molecule has 0 saturated carbocycles. The van der Waals surface area contributed by atoms with E-state index in [0.29, 0.717) is 16.6 Å². The number of rotatable bonds is 6. The van der Waals surface area contributed by atoms with Gasteiger partial charge in [0.1, 0.15) is 5.82 Å². The molecular weight excluding hydrogens is 361 g/mol. The summed E-state index contributed by atoms with van der Waals surface area (Å²) in [6.45, 7) is 7.35. The monoisotopic (exact) mass is 383 g/mol. The molecule has 0 spiro atoms. The third-order valence-electron chi connectivity index (χ3n) is 4.40. The van der Waals surface area contributed by atoms with Crippen molar-refractivity contribution in [3.63, 3.8) is 0 Å². The van der Waals surface area contributed by atoms with Gasteiger partial charge in [0.05, 0.1) is 22.7 Å². The van der Waals surface area contributed by atoms with E-state index in [2.05, 4.69) is 10.1 Å². The van der Waals surface area contributed by atoms with Crippen molar-refractivity contribution in [1.82, 2.24) is 14.8 Å². The molecule has 0 aliphatic rings. The van der Waals surface area contributed by atoms with Gasteiger partial charge in [-0.1, -0.05) is 26.0 Å². The van der Waals surface area contributed by atoms with Crippen LogP contribution in [0.4, 0.5) is 4.39 Å². The molecule has 146 valence electrons. The number of halogens is 1. The lowest BCUT2D eigenvalue weighted by Gasteiger charge is -2.12. The van der Waals surface area contributed by atoms with E-state index in [0.717, 1.165) is 5.69 Å². The standard InChI is InChI=1S/C21H22FN3O3/c1-12(2)18-9-15(16-10-23-25(13(3)4)20(16)24-18)21(27)28-11-19(26)14-7-5-6-8-17(14)22/h5-10,12-13H,11H2,1-4H3. The molecular formula is C21H22FN3O3. The zero-order valence-electron chi connectivity index (χ0n) is 16.3. The first-order chi connectivity index (χ1) is 13.3. The summed E-state index contributed by atoms with van der Waals surface area (Å²) in [5.41, 5.74) is 1.50. The van der Waals surface area contributed by atoms with Crippen LogP contribution in [-0.4, -0.2) is 33.1 Å².